The van der Waals surface area contributed by atoms with Crippen LogP contribution in [0.5, 0.6) is 5.75 Å². The Kier molecular flexibility index (Phi) is 6.50. The summed E-state index contributed by atoms with van der Waals surface area (Å²) in [5.41, 5.74) is 4.06. The van der Waals surface area contributed by atoms with Crippen LogP contribution in [0.4, 0.5) is 26.4 Å². The van der Waals surface area contributed by atoms with Gasteiger partial charge in [-0.15, -0.1) is 0 Å². The molecule has 184 valence electrons. The molecule has 0 saturated carbocycles. The number of phenols is 1. The number of aromatic hydroxyl groups is 1. The SMILES string of the molecule is C=Cc1cnn2c(NCc3cccc(NC(=O)Nc4ccccc4F)c3)cc(-c3ccccc3O)nc12. The Bertz CT molecular complexity index is 1610. The standard InChI is InChI=1S/C28H23FN6O2/c1-2-19-17-31-35-26(15-24(33-27(19)35)21-10-3-6-13-25(21)36)30-16-18-8-7-9-20(14-18)32-28(37)34-23-12-5-4-11-22(23)29/h2-15,17,30,36H,1,16H2,(H2,32,34,37). The van der Waals surface area contributed by atoms with Crippen molar-refractivity contribution in [3.05, 3.63) is 109 Å². The van der Waals surface area contributed by atoms with Crippen molar-refractivity contribution in [1.29, 1.82) is 0 Å². The van der Waals surface area contributed by atoms with Crippen LogP contribution >= 0.6 is 0 Å². The minimum atomic E-state index is -0.549. The molecule has 0 aliphatic rings. The number of benzene rings is 3. The first-order valence-electron chi connectivity index (χ1n) is 11.5. The highest BCUT2D eigenvalue weighted by molar-refractivity contribution is 5.99. The maximum atomic E-state index is 13.8. The summed E-state index contributed by atoms with van der Waals surface area (Å²) in [6.45, 7) is 4.25. The molecule has 0 aliphatic heterocycles. The highest BCUT2D eigenvalue weighted by Crippen LogP contribution is 2.30. The molecular formula is C28H23FN6O2. The third-order valence-corrected chi connectivity index (χ3v) is 5.68. The van der Waals surface area contributed by atoms with E-state index in [0.717, 1.165) is 11.1 Å². The lowest BCUT2D eigenvalue weighted by Gasteiger charge is -2.13. The van der Waals surface area contributed by atoms with E-state index in [1.165, 1.54) is 12.1 Å². The predicted octanol–water partition coefficient (Wildman–Crippen LogP) is 6.14. The lowest BCUT2D eigenvalue weighted by molar-refractivity contribution is 0.262. The number of fused-ring (bicyclic) bond motifs is 1. The zero-order chi connectivity index (χ0) is 25.8. The number of para-hydroxylation sites is 2. The molecule has 5 aromatic rings. The Balaban J connectivity index is 1.36. The maximum Gasteiger partial charge on any atom is 0.323 e. The summed E-state index contributed by atoms with van der Waals surface area (Å²) in [5, 5.41) is 23.4. The van der Waals surface area contributed by atoms with E-state index < -0.39 is 11.8 Å². The molecule has 0 fully saturated rings. The number of rotatable bonds is 7. The van der Waals surface area contributed by atoms with Crippen molar-refractivity contribution in [2.75, 3.05) is 16.0 Å². The van der Waals surface area contributed by atoms with Crippen LogP contribution in [0.25, 0.3) is 23.0 Å². The Labute approximate surface area is 212 Å². The number of hydrogen-bond acceptors (Lipinski definition) is 5. The van der Waals surface area contributed by atoms with E-state index in [1.54, 1.807) is 53.2 Å². The third kappa shape index (κ3) is 5.10. The number of carbonyl (C=O) groups is 1. The number of halogens is 1. The normalized spacial score (nSPS) is 10.7. The van der Waals surface area contributed by atoms with Gasteiger partial charge in [0.2, 0.25) is 0 Å². The molecule has 3 aromatic carbocycles. The number of anilines is 3. The fourth-order valence-corrected chi connectivity index (χ4v) is 3.88. The molecular weight excluding hydrogens is 471 g/mol. The molecule has 0 unspecified atom stereocenters. The molecule has 2 aromatic heterocycles. The first-order valence-corrected chi connectivity index (χ1v) is 11.5. The number of phenolic OH excluding ortho intramolecular Hbond substituents is 1. The van der Waals surface area contributed by atoms with E-state index in [0.29, 0.717) is 35.0 Å². The van der Waals surface area contributed by atoms with Crippen molar-refractivity contribution in [3.63, 3.8) is 0 Å². The van der Waals surface area contributed by atoms with Crippen molar-refractivity contribution in [1.82, 2.24) is 14.6 Å². The highest BCUT2D eigenvalue weighted by Gasteiger charge is 2.14. The number of urea groups is 1. The lowest BCUT2D eigenvalue weighted by Crippen LogP contribution is -2.20. The zero-order valence-corrected chi connectivity index (χ0v) is 19.6. The molecule has 0 radical (unpaired) electrons. The Morgan fingerprint density at radius 1 is 1.03 bits per heavy atom. The van der Waals surface area contributed by atoms with E-state index in [-0.39, 0.29) is 11.4 Å². The van der Waals surface area contributed by atoms with E-state index in [4.69, 9.17) is 0 Å². The largest absolute Gasteiger partial charge is 0.507 e. The minimum Gasteiger partial charge on any atom is -0.507 e. The Hall–Kier alpha value is -5.18. The molecule has 0 aliphatic carbocycles. The molecule has 5 rings (SSSR count). The van der Waals surface area contributed by atoms with Crippen LogP contribution in [0.2, 0.25) is 0 Å². The number of nitrogens with zero attached hydrogens (tertiary/aromatic N) is 3. The summed E-state index contributed by atoms with van der Waals surface area (Å²) < 4.78 is 15.5. The van der Waals surface area contributed by atoms with Crippen LogP contribution in [0, 0.1) is 5.82 Å². The number of hydrogen-bond donors (Lipinski definition) is 4. The Morgan fingerprint density at radius 2 is 1.84 bits per heavy atom. The number of carbonyl (C=O) groups excluding carboxylic acids is 1. The van der Waals surface area contributed by atoms with Crippen molar-refractivity contribution >= 4 is 34.9 Å². The Morgan fingerprint density at radius 3 is 2.65 bits per heavy atom. The van der Waals surface area contributed by atoms with Crippen LogP contribution < -0.4 is 16.0 Å². The van der Waals surface area contributed by atoms with Crippen molar-refractivity contribution in [2.45, 2.75) is 6.54 Å². The summed E-state index contributed by atoms with van der Waals surface area (Å²) in [6.07, 6.45) is 3.35. The first-order chi connectivity index (χ1) is 18.0. The number of nitrogens with one attached hydrogen (secondary N) is 3. The number of aromatic nitrogens is 3. The average Bonchev–Trinajstić information content (AvgIpc) is 3.32. The molecule has 2 amide bonds. The van der Waals surface area contributed by atoms with E-state index in [2.05, 4.69) is 32.6 Å². The lowest BCUT2D eigenvalue weighted by atomic mass is 10.1. The molecule has 37 heavy (non-hydrogen) atoms. The van der Waals surface area contributed by atoms with Gasteiger partial charge < -0.3 is 21.1 Å². The summed E-state index contributed by atoms with van der Waals surface area (Å²) >= 11 is 0. The van der Waals surface area contributed by atoms with Crippen LogP contribution in [0.1, 0.15) is 11.1 Å². The third-order valence-electron chi connectivity index (χ3n) is 5.68. The van der Waals surface area contributed by atoms with Crippen LogP contribution in [-0.2, 0) is 6.54 Å². The molecule has 2 heterocycles. The van der Waals surface area contributed by atoms with Gasteiger partial charge >= 0.3 is 6.03 Å². The first kappa shape index (κ1) is 23.6. The van der Waals surface area contributed by atoms with Crippen molar-refractivity contribution in [3.8, 4) is 17.0 Å². The second kappa shape index (κ2) is 10.2. The van der Waals surface area contributed by atoms with Gasteiger partial charge in [-0.25, -0.2) is 14.2 Å². The average molecular weight is 495 g/mol. The van der Waals surface area contributed by atoms with Gasteiger partial charge in [-0.3, -0.25) is 0 Å². The van der Waals surface area contributed by atoms with Crippen molar-refractivity contribution in [2.24, 2.45) is 0 Å². The topological polar surface area (TPSA) is 104 Å². The minimum absolute atomic E-state index is 0.0953. The van der Waals surface area contributed by atoms with Gasteiger partial charge in [-0.1, -0.05) is 49.1 Å². The molecule has 8 nitrogen and oxygen atoms in total. The van der Waals surface area contributed by atoms with Crippen LogP contribution in [0.3, 0.4) is 0 Å². The predicted molar refractivity (Wildman–Crippen MR) is 143 cm³/mol. The highest BCUT2D eigenvalue weighted by atomic mass is 19.1. The second-order valence-electron chi connectivity index (χ2n) is 8.20. The van der Waals surface area contributed by atoms with Gasteiger partial charge in [0.25, 0.3) is 0 Å². The summed E-state index contributed by atoms with van der Waals surface area (Å²) in [6, 6.07) is 21.5. The monoisotopic (exact) mass is 494 g/mol. The molecule has 0 bridgehead atoms. The van der Waals surface area contributed by atoms with Gasteiger partial charge in [0, 0.05) is 29.4 Å². The molecule has 0 atom stereocenters. The van der Waals surface area contributed by atoms with Gasteiger partial charge in [0.1, 0.15) is 17.4 Å². The zero-order valence-electron chi connectivity index (χ0n) is 19.6. The summed E-state index contributed by atoms with van der Waals surface area (Å²) in [5.74, 6) is 0.269. The van der Waals surface area contributed by atoms with Gasteiger partial charge in [0.05, 0.1) is 17.6 Å². The summed E-state index contributed by atoms with van der Waals surface area (Å²) in [4.78, 5) is 17.0. The fraction of sp³-hybridized carbons (Fsp3) is 0.0357. The quantitative estimate of drug-likeness (QED) is 0.218. The van der Waals surface area contributed by atoms with E-state index in [1.807, 2.05) is 30.3 Å². The molecule has 0 spiro atoms. The van der Waals surface area contributed by atoms with E-state index in [9.17, 15) is 14.3 Å². The maximum absolute atomic E-state index is 13.8. The number of amides is 2. The van der Waals surface area contributed by atoms with Gasteiger partial charge in [-0.2, -0.15) is 9.61 Å². The molecule has 9 heteroatoms. The smallest absolute Gasteiger partial charge is 0.323 e. The molecule has 0 saturated heterocycles. The van der Waals surface area contributed by atoms with E-state index >= 15 is 0 Å². The van der Waals surface area contributed by atoms with Gasteiger partial charge in [0.15, 0.2) is 5.65 Å². The molecule has 4 N–H and O–H groups in total. The van der Waals surface area contributed by atoms with Crippen LogP contribution in [-0.4, -0.2) is 25.7 Å². The van der Waals surface area contributed by atoms with Crippen LogP contribution in [0.15, 0.2) is 91.6 Å². The second-order valence-corrected chi connectivity index (χ2v) is 8.20. The summed E-state index contributed by atoms with van der Waals surface area (Å²) in [7, 11) is 0. The van der Waals surface area contributed by atoms with Gasteiger partial charge in [-0.05, 0) is 42.0 Å². The fourth-order valence-electron chi connectivity index (χ4n) is 3.88. The van der Waals surface area contributed by atoms with Crippen molar-refractivity contribution < 1.29 is 14.3 Å².